The molecule has 0 saturated heterocycles. The van der Waals surface area contributed by atoms with Gasteiger partial charge in [-0.3, -0.25) is 0 Å². The van der Waals surface area contributed by atoms with Gasteiger partial charge in [0.25, 0.3) is 0 Å². The standard InChI is InChI=1S/C14H19N3O3S/c15-14(17-18)11-4-3-7-13(10-11)21(19,20)9-8-16-12-5-1-2-6-12/h1-4,7,10,12,16,18H,5-6,8-9H2,(H2,15,17). The fourth-order valence-electron chi connectivity index (χ4n) is 2.21. The first-order chi connectivity index (χ1) is 10.0. The van der Waals surface area contributed by atoms with Gasteiger partial charge in [-0.1, -0.05) is 29.4 Å². The molecule has 0 aromatic heterocycles. The van der Waals surface area contributed by atoms with Crippen LogP contribution in [0.15, 0.2) is 46.5 Å². The number of benzene rings is 1. The van der Waals surface area contributed by atoms with E-state index in [2.05, 4.69) is 22.6 Å². The molecule has 114 valence electrons. The molecule has 21 heavy (non-hydrogen) atoms. The molecule has 0 amide bonds. The van der Waals surface area contributed by atoms with E-state index < -0.39 is 9.84 Å². The van der Waals surface area contributed by atoms with Crippen molar-refractivity contribution >= 4 is 15.7 Å². The van der Waals surface area contributed by atoms with Crippen LogP contribution in [-0.4, -0.2) is 37.8 Å². The van der Waals surface area contributed by atoms with E-state index in [0.29, 0.717) is 18.2 Å². The summed E-state index contributed by atoms with van der Waals surface area (Å²) >= 11 is 0. The van der Waals surface area contributed by atoms with Crippen LogP contribution >= 0.6 is 0 Å². The van der Waals surface area contributed by atoms with Crippen LogP contribution in [0.3, 0.4) is 0 Å². The minimum absolute atomic E-state index is 0.0170. The second kappa shape index (κ2) is 6.73. The monoisotopic (exact) mass is 309 g/mol. The Morgan fingerprint density at radius 3 is 2.76 bits per heavy atom. The van der Waals surface area contributed by atoms with Crippen molar-refractivity contribution in [3.63, 3.8) is 0 Å². The van der Waals surface area contributed by atoms with Gasteiger partial charge in [0.15, 0.2) is 15.7 Å². The highest BCUT2D eigenvalue weighted by atomic mass is 32.2. The van der Waals surface area contributed by atoms with Crippen LogP contribution in [0.2, 0.25) is 0 Å². The Hall–Kier alpha value is -1.86. The molecule has 0 spiro atoms. The Morgan fingerprint density at radius 1 is 1.38 bits per heavy atom. The zero-order valence-electron chi connectivity index (χ0n) is 11.6. The number of nitrogens with two attached hydrogens (primary N) is 1. The fourth-order valence-corrected chi connectivity index (χ4v) is 3.42. The molecule has 1 aromatic carbocycles. The van der Waals surface area contributed by atoms with Crippen molar-refractivity contribution in [2.75, 3.05) is 12.3 Å². The minimum atomic E-state index is -3.39. The predicted octanol–water partition coefficient (Wildman–Crippen LogP) is 0.863. The number of nitrogens with one attached hydrogen (secondary N) is 1. The van der Waals surface area contributed by atoms with Crippen LogP contribution < -0.4 is 11.1 Å². The van der Waals surface area contributed by atoms with Gasteiger partial charge in [0.2, 0.25) is 0 Å². The Kier molecular flexibility index (Phi) is 4.98. The van der Waals surface area contributed by atoms with Gasteiger partial charge in [-0.15, -0.1) is 0 Å². The number of oxime groups is 1. The lowest BCUT2D eigenvalue weighted by Crippen LogP contribution is -2.31. The summed E-state index contributed by atoms with van der Waals surface area (Å²) in [6.07, 6.45) is 6.07. The van der Waals surface area contributed by atoms with Gasteiger partial charge in [0, 0.05) is 18.2 Å². The van der Waals surface area contributed by atoms with Crippen molar-refractivity contribution in [1.82, 2.24) is 5.32 Å². The maximum absolute atomic E-state index is 12.3. The van der Waals surface area contributed by atoms with E-state index in [1.165, 1.54) is 12.1 Å². The number of rotatable bonds is 6. The second-order valence-electron chi connectivity index (χ2n) is 4.93. The third kappa shape index (κ3) is 4.05. The molecule has 1 aliphatic carbocycles. The topological polar surface area (TPSA) is 105 Å². The molecule has 2 rings (SSSR count). The van der Waals surface area contributed by atoms with Crippen LogP contribution in [-0.2, 0) is 9.84 Å². The quantitative estimate of drug-likeness (QED) is 0.238. The van der Waals surface area contributed by atoms with Gasteiger partial charge in [0.1, 0.15) is 0 Å². The maximum Gasteiger partial charge on any atom is 0.179 e. The molecule has 7 heteroatoms. The number of nitrogens with zero attached hydrogens (tertiary/aromatic N) is 1. The summed E-state index contributed by atoms with van der Waals surface area (Å²) in [7, 11) is -3.39. The molecule has 6 nitrogen and oxygen atoms in total. The van der Waals surface area contributed by atoms with Gasteiger partial charge in [0.05, 0.1) is 10.6 Å². The summed E-state index contributed by atoms with van der Waals surface area (Å²) in [6.45, 7) is 0.405. The average molecular weight is 309 g/mol. The van der Waals surface area contributed by atoms with Crippen molar-refractivity contribution in [2.45, 2.75) is 23.8 Å². The van der Waals surface area contributed by atoms with Crippen molar-refractivity contribution in [3.8, 4) is 0 Å². The highest BCUT2D eigenvalue weighted by Gasteiger charge is 2.17. The van der Waals surface area contributed by atoms with E-state index in [9.17, 15) is 8.42 Å². The predicted molar refractivity (Wildman–Crippen MR) is 81.2 cm³/mol. The van der Waals surface area contributed by atoms with Gasteiger partial charge in [-0.2, -0.15) is 0 Å². The number of amidine groups is 1. The van der Waals surface area contributed by atoms with Crippen LogP contribution in [0.25, 0.3) is 0 Å². The van der Waals surface area contributed by atoms with E-state index in [1.807, 2.05) is 0 Å². The molecule has 0 aliphatic heterocycles. The third-order valence-electron chi connectivity index (χ3n) is 3.41. The number of hydrogen-bond donors (Lipinski definition) is 3. The Labute approximate surface area is 124 Å². The van der Waals surface area contributed by atoms with Crippen LogP contribution in [0.4, 0.5) is 0 Å². The zero-order valence-corrected chi connectivity index (χ0v) is 12.4. The van der Waals surface area contributed by atoms with E-state index in [0.717, 1.165) is 12.8 Å². The lowest BCUT2D eigenvalue weighted by molar-refractivity contribution is 0.318. The summed E-state index contributed by atoms with van der Waals surface area (Å²) in [6, 6.07) is 6.44. The van der Waals surface area contributed by atoms with Crippen LogP contribution in [0, 0.1) is 0 Å². The molecular formula is C14H19N3O3S. The Morgan fingerprint density at radius 2 is 2.10 bits per heavy atom. The van der Waals surface area contributed by atoms with Crippen molar-refractivity contribution in [3.05, 3.63) is 42.0 Å². The highest BCUT2D eigenvalue weighted by molar-refractivity contribution is 7.91. The average Bonchev–Trinajstić information content (AvgIpc) is 2.99. The summed E-state index contributed by atoms with van der Waals surface area (Å²) in [5.41, 5.74) is 5.86. The van der Waals surface area contributed by atoms with Crippen molar-refractivity contribution in [2.24, 2.45) is 10.9 Å². The van der Waals surface area contributed by atoms with Gasteiger partial charge in [-0.25, -0.2) is 8.42 Å². The molecular weight excluding hydrogens is 290 g/mol. The second-order valence-corrected chi connectivity index (χ2v) is 7.03. The lowest BCUT2D eigenvalue weighted by atomic mass is 10.2. The largest absolute Gasteiger partial charge is 0.409 e. The molecule has 0 saturated carbocycles. The lowest BCUT2D eigenvalue weighted by Gasteiger charge is -2.12. The smallest absolute Gasteiger partial charge is 0.179 e. The number of hydrogen-bond acceptors (Lipinski definition) is 5. The molecule has 0 atom stereocenters. The maximum atomic E-state index is 12.3. The highest BCUT2D eigenvalue weighted by Crippen LogP contribution is 2.14. The normalized spacial score (nSPS) is 16.5. The third-order valence-corrected chi connectivity index (χ3v) is 5.12. The molecule has 0 unspecified atom stereocenters. The summed E-state index contributed by atoms with van der Waals surface area (Å²) in [5, 5.41) is 14.7. The fraction of sp³-hybridized carbons (Fsp3) is 0.357. The van der Waals surface area contributed by atoms with Crippen LogP contribution in [0.1, 0.15) is 18.4 Å². The first kappa shape index (κ1) is 15.5. The Bertz CT molecular complexity index is 645. The molecule has 0 radical (unpaired) electrons. The van der Waals surface area contributed by atoms with Gasteiger partial charge >= 0.3 is 0 Å². The van der Waals surface area contributed by atoms with E-state index in [4.69, 9.17) is 10.9 Å². The summed E-state index contributed by atoms with van der Waals surface area (Å²) in [5.74, 6) is -0.0921. The molecule has 0 bridgehead atoms. The van der Waals surface area contributed by atoms with E-state index >= 15 is 0 Å². The van der Waals surface area contributed by atoms with Gasteiger partial charge in [-0.05, 0) is 25.0 Å². The molecule has 0 fully saturated rings. The van der Waals surface area contributed by atoms with Gasteiger partial charge < -0.3 is 16.3 Å². The Balaban J connectivity index is 2.01. The summed E-state index contributed by atoms with van der Waals surface area (Å²) in [4.78, 5) is 0.179. The first-order valence-electron chi connectivity index (χ1n) is 6.72. The zero-order chi connectivity index (χ0) is 15.3. The SMILES string of the molecule is N/C(=N/O)c1cccc(S(=O)(=O)CCNC2CC=CC2)c1. The molecule has 1 aromatic rings. The molecule has 0 heterocycles. The minimum Gasteiger partial charge on any atom is -0.409 e. The first-order valence-corrected chi connectivity index (χ1v) is 8.37. The number of sulfone groups is 1. The van der Waals surface area contributed by atoms with Crippen molar-refractivity contribution < 1.29 is 13.6 Å². The molecule has 1 aliphatic rings. The van der Waals surface area contributed by atoms with Crippen molar-refractivity contribution in [1.29, 1.82) is 0 Å². The van der Waals surface area contributed by atoms with E-state index in [-0.39, 0.29) is 16.5 Å². The molecule has 4 N–H and O–H groups in total. The summed E-state index contributed by atoms with van der Waals surface area (Å²) < 4.78 is 24.5. The van der Waals surface area contributed by atoms with E-state index in [1.54, 1.807) is 12.1 Å². The van der Waals surface area contributed by atoms with Crippen LogP contribution in [0.5, 0.6) is 0 Å².